The fourth-order valence-corrected chi connectivity index (χ4v) is 2.19. The van der Waals surface area contributed by atoms with Gasteiger partial charge in [-0.2, -0.15) is 0 Å². The van der Waals surface area contributed by atoms with Gasteiger partial charge in [0, 0.05) is 31.7 Å². The number of pyridine rings is 1. The highest BCUT2D eigenvalue weighted by Crippen LogP contribution is 2.25. The summed E-state index contributed by atoms with van der Waals surface area (Å²) in [5.41, 5.74) is 7.94. The lowest BCUT2D eigenvalue weighted by molar-refractivity contribution is 0.0784. The van der Waals surface area contributed by atoms with Crippen molar-refractivity contribution in [3.8, 4) is 0 Å². The van der Waals surface area contributed by atoms with Gasteiger partial charge in [0.25, 0.3) is 5.91 Å². The van der Waals surface area contributed by atoms with E-state index < -0.39 is 0 Å². The molecule has 19 heavy (non-hydrogen) atoms. The predicted octanol–water partition coefficient (Wildman–Crippen LogP) is 2.70. The molecule has 2 rings (SSSR count). The van der Waals surface area contributed by atoms with Gasteiger partial charge in [-0.1, -0.05) is 6.07 Å². The van der Waals surface area contributed by atoms with E-state index in [1.165, 1.54) is 0 Å². The zero-order valence-electron chi connectivity index (χ0n) is 10.5. The van der Waals surface area contributed by atoms with Gasteiger partial charge in [0.1, 0.15) is 0 Å². The number of carbonyl (C=O) groups is 1. The third-order valence-corrected chi connectivity index (χ3v) is 3.66. The Balaban J connectivity index is 2.18. The van der Waals surface area contributed by atoms with Gasteiger partial charge in [0.05, 0.1) is 10.0 Å². The molecule has 2 aromatic rings. The molecule has 0 fully saturated rings. The number of hydrogen-bond acceptors (Lipinski definition) is 3. The first-order valence-electron chi connectivity index (χ1n) is 5.78. The van der Waals surface area contributed by atoms with E-state index in [2.05, 4.69) is 20.9 Å². The van der Waals surface area contributed by atoms with E-state index in [1.807, 2.05) is 12.1 Å². The van der Waals surface area contributed by atoms with Crippen molar-refractivity contribution in [3.05, 3.63) is 58.3 Å². The maximum absolute atomic E-state index is 12.3. The van der Waals surface area contributed by atoms with Gasteiger partial charge in [-0.05, 0) is 45.8 Å². The highest BCUT2D eigenvalue weighted by atomic mass is 79.9. The Morgan fingerprint density at radius 3 is 2.68 bits per heavy atom. The molecule has 0 saturated carbocycles. The van der Waals surface area contributed by atoms with Gasteiger partial charge >= 0.3 is 0 Å². The number of amides is 1. The smallest absolute Gasteiger partial charge is 0.255 e. The summed E-state index contributed by atoms with van der Waals surface area (Å²) in [5, 5.41) is 0. The molecule has 1 amide bonds. The van der Waals surface area contributed by atoms with Gasteiger partial charge in [-0.15, -0.1) is 0 Å². The minimum absolute atomic E-state index is 0.0732. The Kier molecular flexibility index (Phi) is 4.16. The summed E-state index contributed by atoms with van der Waals surface area (Å²) < 4.78 is 0.640. The van der Waals surface area contributed by atoms with Crippen LogP contribution in [0.5, 0.6) is 0 Å². The Bertz CT molecular complexity index is 586. The average Bonchev–Trinajstić information content (AvgIpc) is 2.42. The molecule has 0 atom stereocenters. The van der Waals surface area contributed by atoms with Gasteiger partial charge in [0.15, 0.2) is 0 Å². The van der Waals surface area contributed by atoms with Crippen LogP contribution in [0.25, 0.3) is 0 Å². The van der Waals surface area contributed by atoms with Crippen molar-refractivity contribution >= 4 is 27.5 Å². The molecule has 2 N–H and O–H groups in total. The van der Waals surface area contributed by atoms with Crippen LogP contribution in [-0.2, 0) is 6.54 Å². The number of rotatable bonds is 3. The number of nitrogen functional groups attached to an aromatic ring is 1. The molecule has 1 aromatic carbocycles. The Labute approximate surface area is 120 Å². The molecule has 4 nitrogen and oxygen atoms in total. The third kappa shape index (κ3) is 3.12. The number of nitrogens with zero attached hydrogens (tertiary/aromatic N) is 2. The normalized spacial score (nSPS) is 10.2. The molecule has 98 valence electrons. The van der Waals surface area contributed by atoms with Crippen molar-refractivity contribution < 1.29 is 4.79 Å². The van der Waals surface area contributed by atoms with Crippen molar-refractivity contribution in [2.24, 2.45) is 0 Å². The standard InChI is InChI=1S/C14H14BrN3O/c1-18(9-10-5-7-17-8-6-10)14(19)11-3-2-4-12(16)13(11)15/h2-8H,9,16H2,1H3. The van der Waals surface area contributed by atoms with Crippen LogP contribution in [0.15, 0.2) is 47.2 Å². The molecule has 0 aliphatic carbocycles. The third-order valence-electron chi connectivity index (χ3n) is 2.77. The van der Waals surface area contributed by atoms with Gasteiger partial charge in [-0.25, -0.2) is 0 Å². The molecular formula is C14H14BrN3O. The molecule has 0 unspecified atom stereocenters. The largest absolute Gasteiger partial charge is 0.398 e. The summed E-state index contributed by atoms with van der Waals surface area (Å²) in [6.07, 6.45) is 3.42. The first-order valence-corrected chi connectivity index (χ1v) is 6.57. The van der Waals surface area contributed by atoms with Crippen LogP contribution in [0.4, 0.5) is 5.69 Å². The second-order valence-electron chi connectivity index (χ2n) is 4.23. The van der Waals surface area contributed by atoms with Crippen molar-refractivity contribution in [3.63, 3.8) is 0 Å². The first kappa shape index (κ1) is 13.5. The van der Waals surface area contributed by atoms with E-state index in [-0.39, 0.29) is 5.91 Å². The molecular weight excluding hydrogens is 306 g/mol. The monoisotopic (exact) mass is 319 g/mol. The molecule has 0 bridgehead atoms. The van der Waals surface area contributed by atoms with E-state index in [0.29, 0.717) is 22.3 Å². The number of carbonyl (C=O) groups excluding carboxylic acids is 1. The van der Waals surface area contributed by atoms with E-state index in [9.17, 15) is 4.79 Å². The lowest BCUT2D eigenvalue weighted by atomic mass is 10.1. The summed E-state index contributed by atoms with van der Waals surface area (Å²) in [4.78, 5) is 17.9. The fourth-order valence-electron chi connectivity index (χ4n) is 1.75. The Hall–Kier alpha value is -1.88. The van der Waals surface area contributed by atoms with Gasteiger partial charge < -0.3 is 10.6 Å². The number of hydrogen-bond donors (Lipinski definition) is 1. The Morgan fingerprint density at radius 1 is 1.32 bits per heavy atom. The second kappa shape index (κ2) is 5.84. The summed E-state index contributed by atoms with van der Waals surface area (Å²) in [6.45, 7) is 0.530. The molecule has 1 heterocycles. The minimum atomic E-state index is -0.0732. The van der Waals surface area contributed by atoms with Crippen LogP contribution in [-0.4, -0.2) is 22.8 Å². The van der Waals surface area contributed by atoms with Crippen molar-refractivity contribution in [2.75, 3.05) is 12.8 Å². The van der Waals surface area contributed by atoms with Crippen molar-refractivity contribution in [1.82, 2.24) is 9.88 Å². The summed E-state index contributed by atoms with van der Waals surface area (Å²) in [7, 11) is 1.76. The highest BCUT2D eigenvalue weighted by Gasteiger charge is 2.16. The highest BCUT2D eigenvalue weighted by molar-refractivity contribution is 9.10. The first-order chi connectivity index (χ1) is 9.09. The zero-order valence-corrected chi connectivity index (χ0v) is 12.1. The van der Waals surface area contributed by atoms with Crippen LogP contribution < -0.4 is 5.73 Å². The quantitative estimate of drug-likeness (QED) is 0.885. The number of anilines is 1. The average molecular weight is 320 g/mol. The lowest BCUT2D eigenvalue weighted by Crippen LogP contribution is -2.26. The van der Waals surface area contributed by atoms with E-state index in [0.717, 1.165) is 5.56 Å². The zero-order chi connectivity index (χ0) is 13.8. The number of nitrogens with two attached hydrogens (primary N) is 1. The van der Waals surface area contributed by atoms with Crippen LogP contribution in [0.3, 0.4) is 0 Å². The van der Waals surface area contributed by atoms with E-state index in [1.54, 1.807) is 42.5 Å². The van der Waals surface area contributed by atoms with Crippen LogP contribution in [0.1, 0.15) is 15.9 Å². The maximum Gasteiger partial charge on any atom is 0.255 e. The SMILES string of the molecule is CN(Cc1ccncc1)C(=O)c1cccc(N)c1Br. The maximum atomic E-state index is 12.3. The van der Waals surface area contributed by atoms with Crippen molar-refractivity contribution in [2.45, 2.75) is 6.54 Å². The molecule has 0 aliphatic heterocycles. The van der Waals surface area contributed by atoms with E-state index >= 15 is 0 Å². The molecule has 0 saturated heterocycles. The minimum Gasteiger partial charge on any atom is -0.398 e. The molecule has 1 aromatic heterocycles. The topological polar surface area (TPSA) is 59.2 Å². The summed E-state index contributed by atoms with van der Waals surface area (Å²) in [5.74, 6) is -0.0732. The molecule has 0 aliphatic rings. The van der Waals surface area contributed by atoms with Gasteiger partial charge in [0.2, 0.25) is 0 Å². The number of halogens is 1. The van der Waals surface area contributed by atoms with Gasteiger partial charge in [-0.3, -0.25) is 9.78 Å². The molecule has 0 spiro atoms. The predicted molar refractivity (Wildman–Crippen MR) is 78.6 cm³/mol. The van der Waals surface area contributed by atoms with Crippen LogP contribution in [0, 0.1) is 0 Å². The Morgan fingerprint density at radius 2 is 2.00 bits per heavy atom. The lowest BCUT2D eigenvalue weighted by Gasteiger charge is -2.18. The van der Waals surface area contributed by atoms with Crippen molar-refractivity contribution in [1.29, 1.82) is 0 Å². The van der Waals surface area contributed by atoms with Crippen LogP contribution >= 0.6 is 15.9 Å². The number of aromatic nitrogens is 1. The summed E-state index contributed by atoms with van der Waals surface area (Å²) >= 11 is 3.35. The summed E-state index contributed by atoms with van der Waals surface area (Å²) in [6, 6.07) is 9.06. The fraction of sp³-hybridized carbons (Fsp3) is 0.143. The van der Waals surface area contributed by atoms with E-state index in [4.69, 9.17) is 5.73 Å². The second-order valence-corrected chi connectivity index (χ2v) is 5.02. The number of benzene rings is 1. The molecule has 5 heteroatoms. The molecule has 0 radical (unpaired) electrons. The van der Waals surface area contributed by atoms with Crippen LogP contribution in [0.2, 0.25) is 0 Å².